The number of carbonyl (C=O) groups excluding carboxylic acids is 1. The molecule has 0 saturated carbocycles. The van der Waals surface area contributed by atoms with Crippen molar-refractivity contribution in [2.24, 2.45) is 0 Å². The second-order valence-electron chi connectivity index (χ2n) is 5.67. The first-order valence-corrected chi connectivity index (χ1v) is 8.45. The number of amides is 1. The Morgan fingerprint density at radius 1 is 1.08 bits per heavy atom. The normalized spacial score (nSPS) is 10.4. The highest BCUT2D eigenvalue weighted by molar-refractivity contribution is 7.13. The molecule has 0 radical (unpaired) electrons. The molecule has 0 aliphatic rings. The molecule has 2 aromatic carbocycles. The van der Waals surface area contributed by atoms with Gasteiger partial charge in [0, 0.05) is 30.2 Å². The molecule has 1 aromatic heterocycles. The van der Waals surface area contributed by atoms with E-state index >= 15 is 0 Å². The number of nitrogens with two attached hydrogens (primary N) is 1. The van der Waals surface area contributed by atoms with Gasteiger partial charge in [0.05, 0.1) is 11.4 Å². The number of benzene rings is 2. The lowest BCUT2D eigenvalue weighted by molar-refractivity contribution is 0.102. The Labute approximate surface area is 145 Å². The zero-order chi connectivity index (χ0) is 17.1. The number of nitrogens with one attached hydrogen (secondary N) is 1. The summed E-state index contributed by atoms with van der Waals surface area (Å²) in [5.74, 6) is -0.171. The van der Waals surface area contributed by atoms with Crippen LogP contribution in [0.25, 0.3) is 10.4 Å². The number of nitrogen functional groups attached to an aromatic ring is 1. The van der Waals surface area contributed by atoms with Crippen LogP contribution >= 0.6 is 11.3 Å². The van der Waals surface area contributed by atoms with E-state index in [-0.39, 0.29) is 5.91 Å². The van der Waals surface area contributed by atoms with Crippen molar-refractivity contribution >= 4 is 34.3 Å². The fourth-order valence-corrected chi connectivity index (χ4v) is 3.09. The standard InChI is InChI=1S/C19H19N3OS/c1-22(2)15-8-5-13(6-9-15)19(23)21-17-12-14(7-10-16(17)20)18-4-3-11-24-18/h3-12H,20H2,1-2H3,(H,21,23). The molecule has 1 heterocycles. The van der Waals surface area contributed by atoms with E-state index in [4.69, 9.17) is 5.73 Å². The van der Waals surface area contributed by atoms with Gasteiger partial charge in [0.1, 0.15) is 0 Å². The lowest BCUT2D eigenvalue weighted by atomic mass is 10.1. The molecule has 122 valence electrons. The zero-order valence-electron chi connectivity index (χ0n) is 13.6. The summed E-state index contributed by atoms with van der Waals surface area (Å²) in [6.07, 6.45) is 0. The molecule has 0 atom stereocenters. The number of anilines is 3. The summed E-state index contributed by atoms with van der Waals surface area (Å²) in [4.78, 5) is 15.6. The minimum absolute atomic E-state index is 0.171. The molecule has 3 rings (SSSR count). The molecule has 24 heavy (non-hydrogen) atoms. The summed E-state index contributed by atoms with van der Waals surface area (Å²) in [5, 5.41) is 4.93. The van der Waals surface area contributed by atoms with Crippen molar-refractivity contribution in [1.29, 1.82) is 0 Å². The fourth-order valence-electron chi connectivity index (χ4n) is 2.37. The lowest BCUT2D eigenvalue weighted by Gasteiger charge is -2.13. The molecule has 0 aliphatic carbocycles. The van der Waals surface area contributed by atoms with Gasteiger partial charge in [-0.15, -0.1) is 11.3 Å². The molecule has 3 aromatic rings. The molecule has 0 spiro atoms. The summed E-state index contributed by atoms with van der Waals surface area (Å²) in [5.41, 5.74) is 9.88. The number of rotatable bonds is 4. The molecule has 5 heteroatoms. The average Bonchev–Trinajstić information content (AvgIpc) is 3.11. The highest BCUT2D eigenvalue weighted by Gasteiger charge is 2.10. The molecule has 0 saturated heterocycles. The van der Waals surface area contributed by atoms with Crippen molar-refractivity contribution in [3.05, 3.63) is 65.5 Å². The van der Waals surface area contributed by atoms with Crippen molar-refractivity contribution in [3.63, 3.8) is 0 Å². The van der Waals surface area contributed by atoms with Gasteiger partial charge in [-0.05, 0) is 53.4 Å². The molecule has 0 unspecified atom stereocenters. The minimum atomic E-state index is -0.171. The van der Waals surface area contributed by atoms with E-state index in [2.05, 4.69) is 5.32 Å². The van der Waals surface area contributed by atoms with Gasteiger partial charge in [-0.25, -0.2) is 0 Å². The Balaban J connectivity index is 1.82. The fraction of sp³-hybridized carbons (Fsp3) is 0.105. The number of hydrogen-bond acceptors (Lipinski definition) is 4. The van der Waals surface area contributed by atoms with Crippen LogP contribution in [0, 0.1) is 0 Å². The molecule has 4 nitrogen and oxygen atoms in total. The van der Waals surface area contributed by atoms with E-state index in [9.17, 15) is 4.79 Å². The van der Waals surface area contributed by atoms with E-state index in [0.29, 0.717) is 16.9 Å². The zero-order valence-corrected chi connectivity index (χ0v) is 14.4. The Morgan fingerprint density at radius 2 is 1.83 bits per heavy atom. The lowest BCUT2D eigenvalue weighted by Crippen LogP contribution is -2.14. The molecular weight excluding hydrogens is 318 g/mol. The van der Waals surface area contributed by atoms with Gasteiger partial charge in [-0.2, -0.15) is 0 Å². The predicted molar refractivity (Wildman–Crippen MR) is 103 cm³/mol. The summed E-state index contributed by atoms with van der Waals surface area (Å²) < 4.78 is 0. The monoisotopic (exact) mass is 337 g/mol. The van der Waals surface area contributed by atoms with Gasteiger partial charge in [0.2, 0.25) is 0 Å². The molecule has 3 N–H and O–H groups in total. The Hall–Kier alpha value is -2.79. The number of thiophene rings is 1. The van der Waals surface area contributed by atoms with Crippen molar-refractivity contribution in [2.75, 3.05) is 30.0 Å². The summed E-state index contributed by atoms with van der Waals surface area (Å²) in [6, 6.07) is 17.2. The first kappa shape index (κ1) is 16.1. The first-order chi connectivity index (χ1) is 11.5. The molecule has 1 amide bonds. The number of nitrogens with zero attached hydrogens (tertiary/aromatic N) is 1. The third kappa shape index (κ3) is 3.41. The van der Waals surface area contributed by atoms with Crippen LogP contribution in [0.1, 0.15) is 10.4 Å². The predicted octanol–water partition coefficient (Wildman–Crippen LogP) is 4.32. The third-order valence-corrected chi connectivity index (χ3v) is 4.67. The maximum absolute atomic E-state index is 12.5. The van der Waals surface area contributed by atoms with Crippen LogP contribution in [-0.2, 0) is 0 Å². The highest BCUT2D eigenvalue weighted by atomic mass is 32.1. The van der Waals surface area contributed by atoms with Crippen molar-refractivity contribution in [2.45, 2.75) is 0 Å². The van der Waals surface area contributed by atoms with Crippen LogP contribution < -0.4 is 16.0 Å². The van der Waals surface area contributed by atoms with Gasteiger partial charge in [0.25, 0.3) is 5.91 Å². The van der Waals surface area contributed by atoms with Gasteiger partial charge in [-0.3, -0.25) is 4.79 Å². The van der Waals surface area contributed by atoms with Crippen molar-refractivity contribution < 1.29 is 4.79 Å². The van der Waals surface area contributed by atoms with Crippen LogP contribution in [0.5, 0.6) is 0 Å². The topological polar surface area (TPSA) is 58.4 Å². The van der Waals surface area contributed by atoms with Crippen LogP contribution in [0.15, 0.2) is 60.0 Å². The largest absolute Gasteiger partial charge is 0.397 e. The molecule has 0 fully saturated rings. The third-order valence-electron chi connectivity index (χ3n) is 3.75. The molecule has 0 aliphatic heterocycles. The Kier molecular flexibility index (Phi) is 4.53. The summed E-state index contributed by atoms with van der Waals surface area (Å²) in [6.45, 7) is 0. The maximum Gasteiger partial charge on any atom is 0.255 e. The average molecular weight is 337 g/mol. The van der Waals surface area contributed by atoms with E-state index in [1.807, 2.05) is 79.0 Å². The number of hydrogen-bond donors (Lipinski definition) is 2. The van der Waals surface area contributed by atoms with Gasteiger partial charge >= 0.3 is 0 Å². The van der Waals surface area contributed by atoms with Crippen molar-refractivity contribution in [3.8, 4) is 10.4 Å². The van der Waals surface area contributed by atoms with Crippen LogP contribution in [0.2, 0.25) is 0 Å². The van der Waals surface area contributed by atoms with Crippen LogP contribution in [0.3, 0.4) is 0 Å². The van der Waals surface area contributed by atoms with E-state index in [1.54, 1.807) is 11.3 Å². The SMILES string of the molecule is CN(C)c1ccc(C(=O)Nc2cc(-c3cccs3)ccc2N)cc1. The second kappa shape index (κ2) is 6.76. The van der Waals surface area contributed by atoms with Gasteiger partial charge in [0.15, 0.2) is 0 Å². The van der Waals surface area contributed by atoms with E-state index in [0.717, 1.165) is 16.1 Å². The molecule has 0 bridgehead atoms. The number of carbonyl (C=O) groups is 1. The van der Waals surface area contributed by atoms with Crippen molar-refractivity contribution in [1.82, 2.24) is 0 Å². The quantitative estimate of drug-likeness (QED) is 0.697. The first-order valence-electron chi connectivity index (χ1n) is 7.57. The minimum Gasteiger partial charge on any atom is -0.397 e. The van der Waals surface area contributed by atoms with Gasteiger partial charge in [-0.1, -0.05) is 12.1 Å². The Morgan fingerprint density at radius 3 is 2.46 bits per heavy atom. The van der Waals surface area contributed by atoms with Gasteiger partial charge < -0.3 is 16.0 Å². The summed E-state index contributed by atoms with van der Waals surface area (Å²) >= 11 is 1.65. The summed E-state index contributed by atoms with van der Waals surface area (Å²) in [7, 11) is 3.93. The highest BCUT2D eigenvalue weighted by Crippen LogP contribution is 2.30. The Bertz CT molecular complexity index is 840. The second-order valence-corrected chi connectivity index (χ2v) is 6.62. The van der Waals surface area contributed by atoms with E-state index in [1.165, 1.54) is 0 Å². The maximum atomic E-state index is 12.5. The van der Waals surface area contributed by atoms with E-state index < -0.39 is 0 Å². The molecular formula is C19H19N3OS. The smallest absolute Gasteiger partial charge is 0.255 e. The van der Waals surface area contributed by atoms with Crippen LogP contribution in [0.4, 0.5) is 17.1 Å². The van der Waals surface area contributed by atoms with Crippen LogP contribution in [-0.4, -0.2) is 20.0 Å².